The molecule has 0 saturated heterocycles. The standard InChI is InChI=1S/C16H26N2/c1-17-11-15-8-5-9-16(10-15)13-18(2)12-14-6-3-4-7-14/h5,8-10,14,17H,3-4,6-7,11-13H2,1-2H3. The van der Waals surface area contributed by atoms with Gasteiger partial charge >= 0.3 is 0 Å². The molecule has 0 aliphatic heterocycles. The summed E-state index contributed by atoms with van der Waals surface area (Å²) in [6.45, 7) is 3.30. The summed E-state index contributed by atoms with van der Waals surface area (Å²) in [4.78, 5) is 2.48. The lowest BCUT2D eigenvalue weighted by Crippen LogP contribution is -2.24. The quantitative estimate of drug-likeness (QED) is 0.830. The van der Waals surface area contributed by atoms with Gasteiger partial charge < -0.3 is 10.2 Å². The van der Waals surface area contributed by atoms with E-state index in [1.165, 1.54) is 43.4 Å². The van der Waals surface area contributed by atoms with Crippen molar-refractivity contribution in [3.8, 4) is 0 Å². The number of hydrogen-bond donors (Lipinski definition) is 1. The molecule has 0 bridgehead atoms. The molecule has 1 aromatic carbocycles. The van der Waals surface area contributed by atoms with E-state index in [4.69, 9.17) is 0 Å². The van der Waals surface area contributed by atoms with Gasteiger partial charge in [0.2, 0.25) is 0 Å². The number of nitrogens with zero attached hydrogens (tertiary/aromatic N) is 1. The van der Waals surface area contributed by atoms with Crippen molar-refractivity contribution in [3.63, 3.8) is 0 Å². The zero-order chi connectivity index (χ0) is 12.8. The highest BCUT2D eigenvalue weighted by molar-refractivity contribution is 5.23. The monoisotopic (exact) mass is 246 g/mol. The van der Waals surface area contributed by atoms with Gasteiger partial charge in [-0.25, -0.2) is 0 Å². The Kier molecular flexibility index (Phi) is 5.21. The minimum Gasteiger partial charge on any atom is -0.316 e. The van der Waals surface area contributed by atoms with Crippen LogP contribution in [0.4, 0.5) is 0 Å². The molecule has 0 atom stereocenters. The first-order valence-electron chi connectivity index (χ1n) is 7.19. The maximum atomic E-state index is 3.21. The van der Waals surface area contributed by atoms with Crippen LogP contribution in [0.1, 0.15) is 36.8 Å². The van der Waals surface area contributed by atoms with Crippen molar-refractivity contribution in [1.29, 1.82) is 0 Å². The highest BCUT2D eigenvalue weighted by Gasteiger charge is 2.16. The highest BCUT2D eigenvalue weighted by Crippen LogP contribution is 2.25. The second-order valence-corrected chi connectivity index (χ2v) is 5.70. The molecule has 2 nitrogen and oxygen atoms in total. The minimum absolute atomic E-state index is 0.940. The fourth-order valence-corrected chi connectivity index (χ4v) is 3.05. The molecule has 0 spiro atoms. The van der Waals surface area contributed by atoms with Gasteiger partial charge in [-0.1, -0.05) is 37.1 Å². The third kappa shape index (κ3) is 4.11. The van der Waals surface area contributed by atoms with Crippen LogP contribution in [0.3, 0.4) is 0 Å². The van der Waals surface area contributed by atoms with E-state index in [1.807, 2.05) is 7.05 Å². The lowest BCUT2D eigenvalue weighted by Gasteiger charge is -2.21. The highest BCUT2D eigenvalue weighted by atomic mass is 15.1. The molecule has 0 amide bonds. The molecule has 0 unspecified atom stereocenters. The molecular weight excluding hydrogens is 220 g/mol. The summed E-state index contributed by atoms with van der Waals surface area (Å²) < 4.78 is 0. The van der Waals surface area contributed by atoms with Gasteiger partial charge in [0.25, 0.3) is 0 Å². The van der Waals surface area contributed by atoms with Crippen molar-refractivity contribution in [3.05, 3.63) is 35.4 Å². The van der Waals surface area contributed by atoms with Gasteiger partial charge in [0.05, 0.1) is 0 Å². The first-order valence-corrected chi connectivity index (χ1v) is 7.19. The lowest BCUT2D eigenvalue weighted by atomic mass is 10.1. The van der Waals surface area contributed by atoms with Crippen LogP contribution < -0.4 is 5.32 Å². The Bertz CT molecular complexity index is 356. The second-order valence-electron chi connectivity index (χ2n) is 5.70. The average molecular weight is 246 g/mol. The van der Waals surface area contributed by atoms with E-state index in [0.717, 1.165) is 19.0 Å². The molecule has 2 heteroatoms. The molecule has 1 aromatic rings. The average Bonchev–Trinajstić information content (AvgIpc) is 2.82. The molecular formula is C16H26N2. The normalized spacial score (nSPS) is 16.6. The van der Waals surface area contributed by atoms with Gasteiger partial charge in [0.1, 0.15) is 0 Å². The number of benzene rings is 1. The fourth-order valence-electron chi connectivity index (χ4n) is 3.05. The van der Waals surface area contributed by atoms with Crippen molar-refractivity contribution >= 4 is 0 Å². The van der Waals surface area contributed by atoms with Crippen molar-refractivity contribution in [2.45, 2.75) is 38.8 Å². The zero-order valence-corrected chi connectivity index (χ0v) is 11.8. The van der Waals surface area contributed by atoms with E-state index in [2.05, 4.69) is 41.5 Å². The Hall–Kier alpha value is -0.860. The van der Waals surface area contributed by atoms with E-state index in [1.54, 1.807) is 0 Å². The summed E-state index contributed by atoms with van der Waals surface area (Å²) in [5.41, 5.74) is 2.81. The van der Waals surface area contributed by atoms with Gasteiger partial charge in [0.15, 0.2) is 0 Å². The molecule has 18 heavy (non-hydrogen) atoms. The predicted molar refractivity (Wildman–Crippen MR) is 77.5 cm³/mol. The maximum absolute atomic E-state index is 3.21. The molecule has 0 heterocycles. The Balaban J connectivity index is 1.85. The summed E-state index contributed by atoms with van der Waals surface area (Å²) in [6, 6.07) is 8.92. The smallest absolute Gasteiger partial charge is 0.0230 e. The Morgan fingerprint density at radius 1 is 1.22 bits per heavy atom. The lowest BCUT2D eigenvalue weighted by molar-refractivity contribution is 0.271. The molecule has 1 aliphatic carbocycles. The van der Waals surface area contributed by atoms with Crippen LogP contribution in [0, 0.1) is 5.92 Å². The molecule has 0 radical (unpaired) electrons. The van der Waals surface area contributed by atoms with Gasteiger partial charge in [0, 0.05) is 19.6 Å². The largest absolute Gasteiger partial charge is 0.316 e. The van der Waals surface area contributed by atoms with Crippen molar-refractivity contribution in [1.82, 2.24) is 10.2 Å². The van der Waals surface area contributed by atoms with Crippen LogP contribution in [-0.4, -0.2) is 25.5 Å². The molecule has 1 saturated carbocycles. The van der Waals surface area contributed by atoms with Crippen LogP contribution >= 0.6 is 0 Å². The first-order chi connectivity index (χ1) is 8.78. The predicted octanol–water partition coefficient (Wildman–Crippen LogP) is 3.03. The SMILES string of the molecule is CNCc1cccc(CN(C)CC2CCCC2)c1. The summed E-state index contributed by atoms with van der Waals surface area (Å²) in [6.07, 6.45) is 5.75. The van der Waals surface area contributed by atoms with Crippen LogP contribution in [-0.2, 0) is 13.1 Å². The minimum atomic E-state index is 0.940. The molecule has 1 N–H and O–H groups in total. The van der Waals surface area contributed by atoms with E-state index in [-0.39, 0.29) is 0 Å². The van der Waals surface area contributed by atoms with Crippen LogP contribution in [0.15, 0.2) is 24.3 Å². The van der Waals surface area contributed by atoms with E-state index in [0.29, 0.717) is 0 Å². The molecule has 1 fully saturated rings. The third-order valence-electron chi connectivity index (χ3n) is 3.87. The summed E-state index contributed by atoms with van der Waals surface area (Å²) in [5.74, 6) is 0.940. The molecule has 1 aliphatic rings. The summed E-state index contributed by atoms with van der Waals surface area (Å²) >= 11 is 0. The van der Waals surface area contributed by atoms with E-state index >= 15 is 0 Å². The zero-order valence-electron chi connectivity index (χ0n) is 11.8. The first kappa shape index (κ1) is 13.6. The van der Waals surface area contributed by atoms with Gasteiger partial charge in [-0.2, -0.15) is 0 Å². The Labute approximate surface area is 111 Å². The topological polar surface area (TPSA) is 15.3 Å². The Morgan fingerprint density at radius 2 is 1.94 bits per heavy atom. The van der Waals surface area contributed by atoms with Gasteiger partial charge in [-0.05, 0) is 44.0 Å². The Morgan fingerprint density at radius 3 is 2.67 bits per heavy atom. The number of nitrogens with one attached hydrogen (secondary N) is 1. The van der Waals surface area contributed by atoms with Crippen molar-refractivity contribution < 1.29 is 0 Å². The molecule has 2 rings (SSSR count). The molecule has 0 aromatic heterocycles. The summed E-state index contributed by atoms with van der Waals surface area (Å²) in [5, 5.41) is 3.21. The van der Waals surface area contributed by atoms with Crippen molar-refractivity contribution in [2.24, 2.45) is 5.92 Å². The third-order valence-corrected chi connectivity index (χ3v) is 3.87. The number of hydrogen-bond acceptors (Lipinski definition) is 2. The van der Waals surface area contributed by atoms with Crippen molar-refractivity contribution in [2.75, 3.05) is 20.6 Å². The maximum Gasteiger partial charge on any atom is 0.0230 e. The van der Waals surface area contributed by atoms with Gasteiger partial charge in [-0.3, -0.25) is 0 Å². The number of rotatable bonds is 6. The van der Waals surface area contributed by atoms with Gasteiger partial charge in [-0.15, -0.1) is 0 Å². The van der Waals surface area contributed by atoms with E-state index in [9.17, 15) is 0 Å². The van der Waals surface area contributed by atoms with E-state index < -0.39 is 0 Å². The van der Waals surface area contributed by atoms with Crippen LogP contribution in [0.25, 0.3) is 0 Å². The second kappa shape index (κ2) is 6.91. The summed E-state index contributed by atoms with van der Waals surface area (Å²) in [7, 11) is 4.25. The fraction of sp³-hybridized carbons (Fsp3) is 0.625. The van der Waals surface area contributed by atoms with Crippen LogP contribution in [0.5, 0.6) is 0 Å². The molecule has 100 valence electrons. The van der Waals surface area contributed by atoms with Crippen LogP contribution in [0.2, 0.25) is 0 Å².